The first-order valence-electron chi connectivity index (χ1n) is 7.34. The van der Waals surface area contributed by atoms with Crippen LogP contribution in [0.4, 0.5) is 13.2 Å². The molecule has 1 unspecified atom stereocenters. The topological polar surface area (TPSA) is 20.3 Å². The zero-order valence-corrected chi connectivity index (χ0v) is 13.0. The van der Waals surface area contributed by atoms with Crippen molar-refractivity contribution in [3.05, 3.63) is 71.0 Å². The fraction of sp³-hybridized carbons (Fsp3) is 0.278. The van der Waals surface area contributed by atoms with Crippen molar-refractivity contribution >= 4 is 5.91 Å². The van der Waals surface area contributed by atoms with Crippen LogP contribution in [-0.4, -0.2) is 17.9 Å². The molecule has 1 amide bonds. The number of carbonyl (C=O) groups excluding carboxylic acids is 1. The van der Waals surface area contributed by atoms with E-state index in [9.17, 15) is 18.0 Å². The van der Waals surface area contributed by atoms with E-state index in [-0.39, 0.29) is 18.1 Å². The Kier molecular flexibility index (Phi) is 5.42. The Morgan fingerprint density at radius 2 is 1.74 bits per heavy atom. The Morgan fingerprint density at radius 3 is 2.39 bits per heavy atom. The summed E-state index contributed by atoms with van der Waals surface area (Å²) in [6, 6.07) is 9.47. The molecule has 0 heterocycles. The SMILES string of the molecule is CC(c1ccccc1F)N(C)C(=O)CCc1ccc(F)c(F)c1. The number of hydrogen-bond donors (Lipinski definition) is 0. The average Bonchev–Trinajstić information content (AvgIpc) is 2.54. The first kappa shape index (κ1) is 17.1. The van der Waals surface area contributed by atoms with Gasteiger partial charge in [0, 0.05) is 19.0 Å². The molecule has 0 aliphatic carbocycles. The van der Waals surface area contributed by atoms with Crippen LogP contribution in [0.3, 0.4) is 0 Å². The molecule has 0 aliphatic rings. The quantitative estimate of drug-likeness (QED) is 0.806. The lowest BCUT2D eigenvalue weighted by Crippen LogP contribution is -2.30. The molecule has 0 radical (unpaired) electrons. The molecule has 0 fully saturated rings. The van der Waals surface area contributed by atoms with E-state index < -0.39 is 17.7 Å². The van der Waals surface area contributed by atoms with Gasteiger partial charge in [0.25, 0.3) is 0 Å². The Labute approximate surface area is 133 Å². The zero-order valence-electron chi connectivity index (χ0n) is 13.0. The molecule has 1 atom stereocenters. The lowest BCUT2D eigenvalue weighted by Gasteiger charge is -2.25. The van der Waals surface area contributed by atoms with Gasteiger partial charge in [0.05, 0.1) is 6.04 Å². The van der Waals surface area contributed by atoms with E-state index in [0.29, 0.717) is 17.5 Å². The van der Waals surface area contributed by atoms with Crippen LogP contribution in [0.5, 0.6) is 0 Å². The summed E-state index contributed by atoms with van der Waals surface area (Å²) >= 11 is 0. The average molecular weight is 321 g/mol. The smallest absolute Gasteiger partial charge is 0.223 e. The van der Waals surface area contributed by atoms with Crippen molar-refractivity contribution in [2.45, 2.75) is 25.8 Å². The minimum Gasteiger partial charge on any atom is -0.339 e. The van der Waals surface area contributed by atoms with Crippen molar-refractivity contribution in [2.24, 2.45) is 0 Å². The van der Waals surface area contributed by atoms with E-state index in [1.54, 1.807) is 32.2 Å². The number of amides is 1. The first-order valence-corrected chi connectivity index (χ1v) is 7.34. The predicted octanol–water partition coefficient (Wildman–Crippen LogP) is 4.26. The summed E-state index contributed by atoms with van der Waals surface area (Å²) in [6.07, 6.45) is 0.435. The van der Waals surface area contributed by atoms with E-state index in [1.807, 2.05) is 0 Å². The zero-order chi connectivity index (χ0) is 17.0. The highest BCUT2D eigenvalue weighted by atomic mass is 19.2. The molecule has 0 aliphatic heterocycles. The van der Waals surface area contributed by atoms with Crippen molar-refractivity contribution < 1.29 is 18.0 Å². The molecule has 0 spiro atoms. The Hall–Kier alpha value is -2.30. The lowest BCUT2D eigenvalue weighted by atomic mass is 10.0. The molecule has 2 rings (SSSR count). The van der Waals surface area contributed by atoms with Gasteiger partial charge in [0.15, 0.2) is 11.6 Å². The molecule has 0 aromatic heterocycles. The van der Waals surface area contributed by atoms with Crippen molar-refractivity contribution in [2.75, 3.05) is 7.05 Å². The van der Waals surface area contributed by atoms with Crippen molar-refractivity contribution in [3.63, 3.8) is 0 Å². The number of aryl methyl sites for hydroxylation is 1. The first-order chi connectivity index (χ1) is 10.9. The summed E-state index contributed by atoms with van der Waals surface area (Å²) < 4.78 is 39.8. The molecule has 2 nitrogen and oxygen atoms in total. The van der Waals surface area contributed by atoms with Crippen LogP contribution in [0.15, 0.2) is 42.5 Å². The van der Waals surface area contributed by atoms with Crippen molar-refractivity contribution in [1.29, 1.82) is 0 Å². The molecule has 0 bridgehead atoms. The maximum atomic E-state index is 13.8. The van der Waals surface area contributed by atoms with Gasteiger partial charge in [-0.3, -0.25) is 4.79 Å². The summed E-state index contributed by atoms with van der Waals surface area (Å²) in [5.41, 5.74) is 0.986. The second kappa shape index (κ2) is 7.31. The van der Waals surface area contributed by atoms with E-state index in [1.165, 1.54) is 17.0 Å². The molecule has 122 valence electrons. The van der Waals surface area contributed by atoms with Gasteiger partial charge in [-0.05, 0) is 37.1 Å². The van der Waals surface area contributed by atoms with Crippen molar-refractivity contribution in [1.82, 2.24) is 4.90 Å². The van der Waals surface area contributed by atoms with Gasteiger partial charge >= 0.3 is 0 Å². The van der Waals surface area contributed by atoms with E-state index >= 15 is 0 Å². The number of carbonyl (C=O) groups is 1. The maximum Gasteiger partial charge on any atom is 0.223 e. The van der Waals surface area contributed by atoms with Gasteiger partial charge in [0.1, 0.15) is 5.82 Å². The van der Waals surface area contributed by atoms with Gasteiger partial charge < -0.3 is 4.90 Å². The summed E-state index contributed by atoms with van der Waals surface area (Å²) in [7, 11) is 1.60. The van der Waals surface area contributed by atoms with Gasteiger partial charge in [-0.25, -0.2) is 13.2 Å². The van der Waals surface area contributed by atoms with E-state index in [4.69, 9.17) is 0 Å². The molecule has 2 aromatic carbocycles. The highest BCUT2D eigenvalue weighted by Gasteiger charge is 2.19. The van der Waals surface area contributed by atoms with Crippen molar-refractivity contribution in [3.8, 4) is 0 Å². The monoisotopic (exact) mass is 321 g/mol. The fourth-order valence-electron chi connectivity index (χ4n) is 2.36. The van der Waals surface area contributed by atoms with Crippen LogP contribution in [0, 0.1) is 17.5 Å². The number of benzene rings is 2. The number of nitrogens with zero attached hydrogens (tertiary/aromatic N) is 1. The predicted molar refractivity (Wildman–Crippen MR) is 82.3 cm³/mol. The van der Waals surface area contributed by atoms with Crippen LogP contribution in [0.25, 0.3) is 0 Å². The lowest BCUT2D eigenvalue weighted by molar-refractivity contribution is -0.131. The molecule has 0 saturated heterocycles. The summed E-state index contributed by atoms with van der Waals surface area (Å²) in [5.74, 6) is -2.39. The molecule has 23 heavy (non-hydrogen) atoms. The second-order valence-corrected chi connectivity index (χ2v) is 5.45. The highest BCUT2D eigenvalue weighted by molar-refractivity contribution is 5.76. The van der Waals surface area contributed by atoms with Gasteiger partial charge in [-0.15, -0.1) is 0 Å². The minimum atomic E-state index is -0.928. The van der Waals surface area contributed by atoms with Crippen LogP contribution in [0.2, 0.25) is 0 Å². The summed E-state index contributed by atoms with van der Waals surface area (Å²) in [6.45, 7) is 1.74. The minimum absolute atomic E-state index is 0.139. The molecule has 0 N–H and O–H groups in total. The number of hydrogen-bond acceptors (Lipinski definition) is 1. The maximum absolute atomic E-state index is 13.8. The molecular formula is C18H18F3NO. The molecule has 5 heteroatoms. The van der Waals surface area contributed by atoms with Crippen LogP contribution in [0.1, 0.15) is 30.5 Å². The Morgan fingerprint density at radius 1 is 1.04 bits per heavy atom. The van der Waals surface area contributed by atoms with Crippen LogP contribution >= 0.6 is 0 Å². The Balaban J connectivity index is 1.99. The molecular weight excluding hydrogens is 303 g/mol. The molecule has 2 aromatic rings. The Bertz CT molecular complexity index is 702. The third kappa shape index (κ3) is 4.12. The summed E-state index contributed by atoms with van der Waals surface area (Å²) in [5, 5.41) is 0. The number of rotatable bonds is 5. The van der Waals surface area contributed by atoms with Gasteiger partial charge in [0.2, 0.25) is 5.91 Å². The van der Waals surface area contributed by atoms with E-state index in [0.717, 1.165) is 12.1 Å². The summed E-state index contributed by atoms with van der Waals surface area (Å²) in [4.78, 5) is 13.7. The number of halogens is 3. The van der Waals surface area contributed by atoms with E-state index in [2.05, 4.69) is 0 Å². The second-order valence-electron chi connectivity index (χ2n) is 5.45. The standard InChI is InChI=1S/C18H18F3NO/c1-12(14-5-3-4-6-15(14)19)22(2)18(23)10-8-13-7-9-16(20)17(21)11-13/h3-7,9,11-12H,8,10H2,1-2H3. The van der Waals surface area contributed by atoms with Crippen LogP contribution < -0.4 is 0 Å². The van der Waals surface area contributed by atoms with Crippen LogP contribution in [-0.2, 0) is 11.2 Å². The third-order valence-electron chi connectivity index (χ3n) is 3.94. The van der Waals surface area contributed by atoms with Gasteiger partial charge in [-0.1, -0.05) is 24.3 Å². The highest BCUT2D eigenvalue weighted by Crippen LogP contribution is 2.22. The van der Waals surface area contributed by atoms with Gasteiger partial charge in [-0.2, -0.15) is 0 Å². The normalized spacial score (nSPS) is 12.0. The largest absolute Gasteiger partial charge is 0.339 e. The molecule has 0 saturated carbocycles. The fourth-order valence-corrected chi connectivity index (χ4v) is 2.36. The third-order valence-corrected chi connectivity index (χ3v) is 3.94.